The third kappa shape index (κ3) is 3.79. The van der Waals surface area contributed by atoms with Crippen LogP contribution < -0.4 is 5.32 Å². The van der Waals surface area contributed by atoms with E-state index in [1.165, 1.54) is 6.42 Å². The maximum Gasteiger partial charge on any atom is 0.276 e. The van der Waals surface area contributed by atoms with Crippen LogP contribution in [0.1, 0.15) is 68.2 Å². The van der Waals surface area contributed by atoms with Crippen molar-refractivity contribution in [1.29, 1.82) is 0 Å². The Labute approximate surface area is 145 Å². The Morgan fingerprint density at radius 1 is 1.21 bits per heavy atom. The molecule has 0 radical (unpaired) electrons. The highest BCUT2D eigenvalue weighted by Gasteiger charge is 2.28. The van der Waals surface area contributed by atoms with Crippen molar-refractivity contribution in [3.63, 3.8) is 0 Å². The van der Waals surface area contributed by atoms with Gasteiger partial charge in [-0.2, -0.15) is 0 Å². The van der Waals surface area contributed by atoms with Crippen molar-refractivity contribution < 1.29 is 4.79 Å². The summed E-state index contributed by atoms with van der Waals surface area (Å²) in [6, 6.07) is 0.372. The van der Waals surface area contributed by atoms with Crippen molar-refractivity contribution in [3.05, 3.63) is 11.4 Å². The molecule has 0 atom stereocenters. The van der Waals surface area contributed by atoms with E-state index in [0.29, 0.717) is 11.7 Å². The second-order valence-electron chi connectivity index (χ2n) is 7.81. The third-order valence-electron chi connectivity index (χ3n) is 5.49. The lowest BCUT2D eigenvalue weighted by Gasteiger charge is -2.32. The molecule has 1 aromatic heterocycles. The van der Waals surface area contributed by atoms with E-state index in [2.05, 4.69) is 29.5 Å². The first kappa shape index (κ1) is 17.4. The summed E-state index contributed by atoms with van der Waals surface area (Å²) in [5.41, 5.74) is 1.48. The van der Waals surface area contributed by atoms with Crippen molar-refractivity contribution in [2.45, 2.75) is 58.9 Å². The molecule has 2 fully saturated rings. The van der Waals surface area contributed by atoms with E-state index < -0.39 is 0 Å². The minimum Gasteiger partial charge on any atom is -0.337 e. The number of likely N-dealkylation sites (tertiary alicyclic amines) is 1. The van der Waals surface area contributed by atoms with Gasteiger partial charge in [-0.3, -0.25) is 4.79 Å². The molecule has 2 saturated heterocycles. The minimum absolute atomic E-state index is 0.0654. The zero-order valence-corrected chi connectivity index (χ0v) is 15.3. The van der Waals surface area contributed by atoms with Crippen LogP contribution in [0.25, 0.3) is 0 Å². The highest BCUT2D eigenvalue weighted by atomic mass is 16.2. The highest BCUT2D eigenvalue weighted by Crippen LogP contribution is 2.26. The van der Waals surface area contributed by atoms with Crippen LogP contribution in [0.2, 0.25) is 0 Å². The molecule has 6 nitrogen and oxygen atoms in total. The first-order valence-electron chi connectivity index (χ1n) is 9.48. The van der Waals surface area contributed by atoms with Crippen molar-refractivity contribution >= 4 is 5.91 Å². The summed E-state index contributed by atoms with van der Waals surface area (Å²) >= 11 is 0. The van der Waals surface area contributed by atoms with Gasteiger partial charge in [0.2, 0.25) is 0 Å². The number of piperidine rings is 2. The average Bonchev–Trinajstić information content (AvgIpc) is 2.97. The number of carbonyl (C=O) groups excluding carboxylic acids is 1. The quantitative estimate of drug-likeness (QED) is 0.919. The highest BCUT2D eigenvalue weighted by molar-refractivity contribution is 5.93. The molecule has 0 bridgehead atoms. The summed E-state index contributed by atoms with van der Waals surface area (Å²) in [5.74, 6) is 1.57. The molecular weight excluding hydrogens is 302 g/mol. The Balaban J connectivity index is 1.62. The topological polar surface area (TPSA) is 63.1 Å². The first-order chi connectivity index (χ1) is 11.6. The SMILES string of the molecule is Cc1c(C(=O)N2CCC(CC(C)C)CC2)nnn1C1CCNCC1. The lowest BCUT2D eigenvalue weighted by atomic mass is 9.88. The molecule has 134 valence electrons. The van der Waals surface area contributed by atoms with E-state index in [0.717, 1.165) is 69.4 Å². The normalized spacial score (nSPS) is 20.8. The molecule has 0 saturated carbocycles. The second kappa shape index (κ2) is 7.64. The fourth-order valence-electron chi connectivity index (χ4n) is 4.12. The van der Waals surface area contributed by atoms with E-state index in [1.54, 1.807) is 0 Å². The number of nitrogens with zero attached hydrogens (tertiary/aromatic N) is 4. The Morgan fingerprint density at radius 2 is 1.88 bits per heavy atom. The maximum atomic E-state index is 12.8. The molecule has 0 spiro atoms. The van der Waals surface area contributed by atoms with Crippen molar-refractivity contribution in [2.24, 2.45) is 11.8 Å². The Kier molecular flexibility index (Phi) is 5.54. The molecule has 2 aliphatic heterocycles. The average molecular weight is 333 g/mol. The molecule has 3 rings (SSSR count). The molecule has 1 N–H and O–H groups in total. The van der Waals surface area contributed by atoms with Gasteiger partial charge in [-0.05, 0) is 64.0 Å². The molecular formula is C18H31N5O. The number of hydrogen-bond acceptors (Lipinski definition) is 4. The van der Waals surface area contributed by atoms with Gasteiger partial charge in [0.15, 0.2) is 5.69 Å². The van der Waals surface area contributed by atoms with Gasteiger partial charge < -0.3 is 10.2 Å². The van der Waals surface area contributed by atoms with Gasteiger partial charge in [-0.1, -0.05) is 19.1 Å². The molecule has 1 aromatic rings. The molecule has 6 heteroatoms. The number of aromatic nitrogens is 3. The van der Waals surface area contributed by atoms with Crippen molar-refractivity contribution in [2.75, 3.05) is 26.2 Å². The molecule has 3 heterocycles. The smallest absolute Gasteiger partial charge is 0.276 e. The van der Waals surface area contributed by atoms with Crippen LogP contribution in [0.15, 0.2) is 0 Å². The zero-order valence-electron chi connectivity index (χ0n) is 15.3. The summed E-state index contributed by atoms with van der Waals surface area (Å²) in [6.07, 6.45) is 5.61. The summed E-state index contributed by atoms with van der Waals surface area (Å²) in [5, 5.41) is 11.9. The number of nitrogens with one attached hydrogen (secondary N) is 1. The van der Waals surface area contributed by atoms with Gasteiger partial charge in [-0.15, -0.1) is 5.10 Å². The van der Waals surface area contributed by atoms with Crippen LogP contribution in [0.4, 0.5) is 0 Å². The van der Waals surface area contributed by atoms with E-state index >= 15 is 0 Å². The molecule has 0 unspecified atom stereocenters. The van der Waals surface area contributed by atoms with Gasteiger partial charge in [0.1, 0.15) is 0 Å². The Morgan fingerprint density at radius 3 is 2.50 bits per heavy atom. The summed E-state index contributed by atoms with van der Waals surface area (Å²) in [7, 11) is 0. The van der Waals surface area contributed by atoms with Gasteiger partial charge in [0.25, 0.3) is 5.91 Å². The van der Waals surface area contributed by atoms with Crippen molar-refractivity contribution in [3.8, 4) is 0 Å². The summed E-state index contributed by atoms with van der Waals surface area (Å²) in [4.78, 5) is 14.8. The largest absolute Gasteiger partial charge is 0.337 e. The monoisotopic (exact) mass is 333 g/mol. The number of rotatable bonds is 4. The van der Waals surface area contributed by atoms with Gasteiger partial charge in [0.05, 0.1) is 11.7 Å². The number of carbonyl (C=O) groups is 1. The third-order valence-corrected chi connectivity index (χ3v) is 5.49. The van der Waals surface area contributed by atoms with Crippen LogP contribution in [0.3, 0.4) is 0 Å². The number of amides is 1. The Hall–Kier alpha value is -1.43. The number of hydrogen-bond donors (Lipinski definition) is 1. The van der Waals surface area contributed by atoms with Gasteiger partial charge >= 0.3 is 0 Å². The molecule has 0 aromatic carbocycles. The standard InChI is InChI=1S/C18H31N5O/c1-13(2)12-15-6-10-22(11-7-15)18(24)17-14(3)23(21-20-17)16-4-8-19-9-5-16/h13,15-16,19H,4-12H2,1-3H3. The second-order valence-corrected chi connectivity index (χ2v) is 7.81. The fraction of sp³-hybridized carbons (Fsp3) is 0.833. The van der Waals surface area contributed by atoms with Gasteiger partial charge in [0, 0.05) is 13.1 Å². The van der Waals surface area contributed by atoms with Crippen LogP contribution in [0.5, 0.6) is 0 Å². The van der Waals surface area contributed by atoms with Crippen molar-refractivity contribution in [1.82, 2.24) is 25.2 Å². The van der Waals surface area contributed by atoms with E-state index in [1.807, 2.05) is 16.5 Å². The van der Waals surface area contributed by atoms with Crippen LogP contribution in [-0.2, 0) is 0 Å². The zero-order chi connectivity index (χ0) is 17.1. The minimum atomic E-state index is 0.0654. The first-order valence-corrected chi connectivity index (χ1v) is 9.48. The van der Waals surface area contributed by atoms with Crippen LogP contribution >= 0.6 is 0 Å². The van der Waals surface area contributed by atoms with Crippen LogP contribution in [-0.4, -0.2) is 52.0 Å². The molecule has 1 amide bonds. The van der Waals surface area contributed by atoms with E-state index in [-0.39, 0.29) is 5.91 Å². The van der Waals surface area contributed by atoms with Crippen LogP contribution in [0, 0.1) is 18.8 Å². The summed E-state index contributed by atoms with van der Waals surface area (Å²) < 4.78 is 1.97. The predicted molar refractivity (Wildman–Crippen MR) is 94.0 cm³/mol. The fourth-order valence-corrected chi connectivity index (χ4v) is 4.12. The van der Waals surface area contributed by atoms with E-state index in [4.69, 9.17) is 0 Å². The predicted octanol–water partition coefficient (Wildman–Crippen LogP) is 2.41. The molecule has 24 heavy (non-hydrogen) atoms. The molecule has 2 aliphatic rings. The maximum absolute atomic E-state index is 12.8. The lowest BCUT2D eigenvalue weighted by molar-refractivity contribution is 0.0674. The van der Waals surface area contributed by atoms with Gasteiger partial charge in [-0.25, -0.2) is 4.68 Å². The summed E-state index contributed by atoms with van der Waals surface area (Å²) in [6.45, 7) is 10.3. The Bertz CT molecular complexity index is 554. The van der Waals surface area contributed by atoms with E-state index in [9.17, 15) is 4.79 Å². The lowest BCUT2D eigenvalue weighted by Crippen LogP contribution is -2.39. The molecule has 0 aliphatic carbocycles.